The summed E-state index contributed by atoms with van der Waals surface area (Å²) in [7, 11) is -11.2. The van der Waals surface area contributed by atoms with Gasteiger partial charge in [-0.1, -0.05) is 0 Å². The average molecular weight is 415 g/mol. The van der Waals surface area contributed by atoms with Crippen molar-refractivity contribution in [3.63, 3.8) is 0 Å². The Kier molecular flexibility index (Phi) is 46.4. The van der Waals surface area contributed by atoms with Crippen molar-refractivity contribution in [1.82, 2.24) is 0 Å². The van der Waals surface area contributed by atoms with Crippen LogP contribution in [0.5, 0.6) is 0 Å². The monoisotopic (exact) mass is 415 g/mol. The molecular formula is C4H21K2NO12P2. The van der Waals surface area contributed by atoms with Gasteiger partial charge in [-0.2, -0.15) is 0 Å². The van der Waals surface area contributed by atoms with Crippen molar-refractivity contribution in [1.29, 1.82) is 0 Å². The second kappa shape index (κ2) is 19.6. The Morgan fingerprint density at radius 1 is 0.952 bits per heavy atom. The molecular weight excluding hydrogens is 394 g/mol. The quantitative estimate of drug-likeness (QED) is 0.246. The van der Waals surface area contributed by atoms with E-state index in [0.717, 1.165) is 0 Å². The zero-order chi connectivity index (χ0) is 11.6. The topological polar surface area (TPSA) is 324 Å². The molecule has 0 saturated carbocycles. The molecule has 21 heavy (non-hydrogen) atoms. The average Bonchev–Trinajstić information content (AvgIpc) is 1.95. The molecule has 0 amide bonds. The van der Waals surface area contributed by atoms with Crippen LogP contribution in [-0.4, -0.2) is 53.9 Å². The maximum atomic E-state index is 10.6. The fraction of sp³-hybridized carbons (Fsp3) is 1.00. The Balaban J connectivity index is -0.0000000402. The van der Waals surface area contributed by atoms with Crippen LogP contribution in [0.25, 0.3) is 0 Å². The third-order valence-corrected chi connectivity index (χ3v) is 5.40. The molecule has 0 rings (SSSR count). The Hall–Kier alpha value is 3.29. The molecule has 0 radical (unpaired) electrons. The smallest absolute Gasteiger partial charge is 0.808 e. The van der Waals surface area contributed by atoms with E-state index in [2.05, 4.69) is 0 Å². The zero-order valence-corrected chi connectivity index (χ0v) is 19.6. The molecule has 0 aliphatic heterocycles. The summed E-state index contributed by atoms with van der Waals surface area (Å²) >= 11 is 0. The molecule has 0 spiro atoms. The van der Waals surface area contributed by atoms with Crippen molar-refractivity contribution in [2.45, 2.75) is 17.9 Å². The van der Waals surface area contributed by atoms with E-state index in [4.69, 9.17) is 20.6 Å². The largest absolute Gasteiger partial charge is 1.00 e. The van der Waals surface area contributed by atoms with Gasteiger partial charge in [0.25, 0.3) is 0 Å². The fourth-order valence-corrected chi connectivity index (χ4v) is 2.94. The van der Waals surface area contributed by atoms with Gasteiger partial charge in [0.1, 0.15) is 0 Å². The maximum Gasteiger partial charge on any atom is 1.00 e. The van der Waals surface area contributed by atoms with E-state index < -0.39 is 26.7 Å². The summed E-state index contributed by atoms with van der Waals surface area (Å²) in [6.45, 7) is -0.0949. The van der Waals surface area contributed by atoms with E-state index in [-0.39, 0.29) is 143 Å². The van der Waals surface area contributed by atoms with Crippen LogP contribution in [0.4, 0.5) is 0 Å². The number of hydrogen-bond acceptors (Lipinski definition) is 6. The first-order valence-electron chi connectivity index (χ1n) is 3.56. The molecule has 0 aliphatic carbocycles. The Morgan fingerprint density at radius 3 is 1.38 bits per heavy atom. The minimum absolute atomic E-state index is 0. The van der Waals surface area contributed by atoms with Gasteiger partial charge in [-0.05, 0) is 27.0 Å². The molecule has 1 unspecified atom stereocenters. The molecule has 0 aliphatic rings. The van der Waals surface area contributed by atoms with Crippen molar-refractivity contribution >= 4 is 15.2 Å². The summed E-state index contributed by atoms with van der Waals surface area (Å²) in [5.74, 6) is 0. The van der Waals surface area contributed by atoms with E-state index in [1.807, 2.05) is 0 Å². The SMILES string of the molecule is NCCCC(O)(P(=O)([O-])[O-])P(=O)(O)O.O.O.O.O.O.[K+].[K+]. The van der Waals surface area contributed by atoms with Gasteiger partial charge < -0.3 is 62.4 Å². The molecule has 0 aromatic rings. The van der Waals surface area contributed by atoms with Crippen LogP contribution in [0.3, 0.4) is 0 Å². The summed E-state index contributed by atoms with van der Waals surface area (Å²) in [6.07, 6.45) is -1.06. The van der Waals surface area contributed by atoms with Crippen molar-refractivity contribution < 1.29 is 164 Å². The molecule has 0 fully saturated rings. The standard InChI is InChI=1S/C4H13NO7P2.2K.5H2O/c5-3-1-2-4(6,13(7,8)9)14(10,11)12;;;;;;;/h6H,1-3,5H2,(H2,7,8,9)(H2,10,11,12);;;5*1H2/q;2*+1;;;;;/p-2. The molecule has 0 saturated heterocycles. The molecule has 0 heterocycles. The van der Waals surface area contributed by atoms with Crippen LogP contribution in [0.2, 0.25) is 0 Å². The molecule has 17 heteroatoms. The van der Waals surface area contributed by atoms with E-state index in [1.165, 1.54) is 0 Å². The first-order valence-corrected chi connectivity index (χ1v) is 6.72. The van der Waals surface area contributed by atoms with Crippen LogP contribution in [0.1, 0.15) is 12.8 Å². The van der Waals surface area contributed by atoms with Crippen LogP contribution >= 0.6 is 15.2 Å². The molecule has 15 N–H and O–H groups in total. The molecule has 1 atom stereocenters. The molecule has 0 aromatic carbocycles. The molecule has 13 nitrogen and oxygen atoms in total. The van der Waals surface area contributed by atoms with Gasteiger partial charge in [-0.15, -0.1) is 0 Å². The van der Waals surface area contributed by atoms with Crippen molar-refractivity contribution in [3.8, 4) is 0 Å². The molecule has 126 valence electrons. The van der Waals surface area contributed by atoms with Gasteiger partial charge >= 0.3 is 110 Å². The van der Waals surface area contributed by atoms with Crippen molar-refractivity contribution in [3.05, 3.63) is 0 Å². The number of nitrogens with two attached hydrogens (primary N) is 1. The third-order valence-electron chi connectivity index (χ3n) is 1.62. The first-order chi connectivity index (χ1) is 6.06. The zero-order valence-electron chi connectivity index (χ0n) is 11.6. The summed E-state index contributed by atoms with van der Waals surface area (Å²) in [5.41, 5.74) is 4.96. The van der Waals surface area contributed by atoms with Gasteiger partial charge in [0.05, 0.1) is 0 Å². The number of hydrogen-bond donors (Lipinski definition) is 4. The minimum atomic E-state index is -5.80. The van der Waals surface area contributed by atoms with Crippen LogP contribution in [-0.2, 0) is 9.13 Å². The van der Waals surface area contributed by atoms with E-state index >= 15 is 0 Å². The van der Waals surface area contributed by atoms with E-state index in [0.29, 0.717) is 0 Å². The second-order valence-corrected chi connectivity index (χ2v) is 6.62. The van der Waals surface area contributed by atoms with E-state index in [9.17, 15) is 18.9 Å². The van der Waals surface area contributed by atoms with Gasteiger partial charge in [0, 0.05) is 0 Å². The minimum Gasteiger partial charge on any atom is -0.808 e. The molecule has 0 bridgehead atoms. The Labute approximate surface area is 205 Å². The van der Waals surface area contributed by atoms with Gasteiger partial charge in [0.2, 0.25) is 0 Å². The summed E-state index contributed by atoms with van der Waals surface area (Å²) in [6, 6.07) is 0. The number of rotatable bonds is 5. The summed E-state index contributed by atoms with van der Waals surface area (Å²) < 4.78 is 21.1. The van der Waals surface area contributed by atoms with Crippen molar-refractivity contribution in [2.75, 3.05) is 6.54 Å². The van der Waals surface area contributed by atoms with Crippen LogP contribution < -0.4 is 118 Å². The van der Waals surface area contributed by atoms with Gasteiger partial charge in [-0.25, -0.2) is 0 Å². The van der Waals surface area contributed by atoms with Gasteiger partial charge in [0.15, 0.2) is 5.08 Å². The summed E-state index contributed by atoms with van der Waals surface area (Å²) in [5, 5.41) is 5.57. The fourth-order valence-electron chi connectivity index (χ4n) is 0.781. The Morgan fingerprint density at radius 2 is 1.24 bits per heavy atom. The third kappa shape index (κ3) is 15.3. The predicted octanol–water partition coefficient (Wildman–Crippen LogP) is -12.7. The van der Waals surface area contributed by atoms with Crippen molar-refractivity contribution in [2.24, 2.45) is 5.73 Å². The first kappa shape index (κ1) is 49.7. The Bertz CT molecular complexity index is 271. The molecule has 0 aromatic heterocycles. The predicted molar refractivity (Wildman–Crippen MR) is 61.0 cm³/mol. The van der Waals surface area contributed by atoms with Crippen LogP contribution in [0, 0.1) is 0 Å². The normalized spacial score (nSPS) is 11.9. The number of aliphatic hydroxyl groups is 1. The van der Waals surface area contributed by atoms with E-state index in [1.54, 1.807) is 0 Å². The van der Waals surface area contributed by atoms with Gasteiger partial charge in [-0.3, -0.25) is 4.57 Å². The second-order valence-electron chi connectivity index (χ2n) is 2.71. The summed E-state index contributed by atoms with van der Waals surface area (Å²) in [4.78, 5) is 38.1. The van der Waals surface area contributed by atoms with Crippen LogP contribution in [0.15, 0.2) is 0 Å². The maximum absolute atomic E-state index is 10.6.